The van der Waals surface area contributed by atoms with Gasteiger partial charge in [-0.2, -0.15) is 13.2 Å². The van der Waals surface area contributed by atoms with Crippen molar-refractivity contribution in [3.8, 4) is 0 Å². The second kappa shape index (κ2) is 10.4. The summed E-state index contributed by atoms with van der Waals surface area (Å²) in [7, 11) is 4.00. The van der Waals surface area contributed by atoms with Gasteiger partial charge < -0.3 is 20.4 Å². The molecule has 2 heterocycles. The molecule has 0 saturated carbocycles. The number of rotatable bonds is 8. The highest BCUT2D eigenvalue weighted by Crippen LogP contribution is 2.36. The first-order valence-electron chi connectivity index (χ1n) is 10.4. The highest BCUT2D eigenvalue weighted by molar-refractivity contribution is 6.30. The minimum Gasteiger partial charge on any atom is -0.367 e. The standard InChI is InChI=1S/C22H27ClF3N5O/c1-30(2)9-4-3-7-28-21(32)15-12-19-20(29-13-15)27-8-10-31(19)14-16-11-17(23)5-6-18(16)22(24,25)26/h5-6,11-13H,3-4,7-10,14H2,1-2H3,(H,27,29)(H,28,32). The third kappa shape index (κ3) is 6.26. The first-order chi connectivity index (χ1) is 15.1. The van der Waals surface area contributed by atoms with E-state index in [1.165, 1.54) is 18.3 Å². The molecule has 1 aliphatic rings. The normalized spacial score (nSPS) is 13.7. The fraction of sp³-hybridized carbons (Fsp3) is 0.455. The Labute approximate surface area is 190 Å². The van der Waals surface area contributed by atoms with E-state index in [-0.39, 0.29) is 23.0 Å². The van der Waals surface area contributed by atoms with Crippen molar-refractivity contribution in [2.45, 2.75) is 25.6 Å². The number of nitrogens with one attached hydrogen (secondary N) is 2. The summed E-state index contributed by atoms with van der Waals surface area (Å²) in [5.74, 6) is 0.281. The predicted octanol–water partition coefficient (Wildman–Crippen LogP) is 4.26. The summed E-state index contributed by atoms with van der Waals surface area (Å²) in [6, 6.07) is 5.24. The number of unbranched alkanes of at least 4 members (excludes halogenated alkanes) is 1. The average Bonchev–Trinajstić information content (AvgIpc) is 2.72. The second-order valence-electron chi connectivity index (χ2n) is 8.01. The Hall–Kier alpha value is -2.52. The maximum absolute atomic E-state index is 13.5. The van der Waals surface area contributed by atoms with Crippen molar-refractivity contribution in [1.29, 1.82) is 0 Å². The van der Waals surface area contributed by atoms with Gasteiger partial charge in [-0.15, -0.1) is 0 Å². The van der Waals surface area contributed by atoms with Crippen molar-refractivity contribution < 1.29 is 18.0 Å². The zero-order valence-electron chi connectivity index (χ0n) is 18.1. The van der Waals surface area contributed by atoms with E-state index in [4.69, 9.17) is 11.6 Å². The summed E-state index contributed by atoms with van der Waals surface area (Å²) >= 11 is 5.97. The largest absolute Gasteiger partial charge is 0.416 e. The molecule has 2 N–H and O–H groups in total. The molecule has 1 aromatic carbocycles. The van der Waals surface area contributed by atoms with Crippen LogP contribution in [0.15, 0.2) is 30.5 Å². The minimum atomic E-state index is -4.48. The molecule has 0 unspecified atom stereocenters. The SMILES string of the molecule is CN(C)CCCCNC(=O)c1cnc2c(c1)N(Cc1cc(Cl)ccc1C(F)(F)F)CCN2. The van der Waals surface area contributed by atoms with Crippen molar-refractivity contribution in [1.82, 2.24) is 15.2 Å². The fourth-order valence-electron chi connectivity index (χ4n) is 3.58. The van der Waals surface area contributed by atoms with Crippen LogP contribution in [0.1, 0.15) is 34.3 Å². The molecule has 1 aromatic heterocycles. The average molecular weight is 470 g/mol. The minimum absolute atomic E-state index is 0.00136. The maximum atomic E-state index is 13.5. The molecule has 174 valence electrons. The van der Waals surface area contributed by atoms with Gasteiger partial charge in [0.2, 0.25) is 0 Å². The van der Waals surface area contributed by atoms with Crippen LogP contribution in [0, 0.1) is 0 Å². The zero-order chi connectivity index (χ0) is 23.3. The number of halogens is 4. The van der Waals surface area contributed by atoms with Crippen LogP contribution in [0.5, 0.6) is 0 Å². The molecule has 0 fully saturated rings. The Morgan fingerprint density at radius 3 is 2.78 bits per heavy atom. The number of fused-ring (bicyclic) bond motifs is 1. The van der Waals surface area contributed by atoms with Gasteiger partial charge in [-0.1, -0.05) is 11.6 Å². The molecule has 0 saturated heterocycles. The topological polar surface area (TPSA) is 60.5 Å². The molecule has 32 heavy (non-hydrogen) atoms. The molecule has 0 bridgehead atoms. The number of anilines is 2. The lowest BCUT2D eigenvalue weighted by atomic mass is 10.1. The van der Waals surface area contributed by atoms with Gasteiger partial charge >= 0.3 is 6.18 Å². The van der Waals surface area contributed by atoms with Crippen LogP contribution in [-0.4, -0.2) is 56.1 Å². The van der Waals surface area contributed by atoms with Gasteiger partial charge in [-0.05, 0) is 63.3 Å². The quantitative estimate of drug-likeness (QED) is 0.566. The van der Waals surface area contributed by atoms with Crippen LogP contribution in [0.25, 0.3) is 0 Å². The Balaban J connectivity index is 1.75. The summed E-state index contributed by atoms with van der Waals surface area (Å²) in [6.45, 7) is 2.48. The highest BCUT2D eigenvalue weighted by Gasteiger charge is 2.34. The van der Waals surface area contributed by atoms with E-state index in [1.54, 1.807) is 11.0 Å². The van der Waals surface area contributed by atoms with Gasteiger partial charge in [0.25, 0.3) is 5.91 Å². The lowest BCUT2D eigenvalue weighted by Crippen LogP contribution is -2.35. The first kappa shape index (κ1) is 24.1. The van der Waals surface area contributed by atoms with Gasteiger partial charge in [0, 0.05) is 37.4 Å². The van der Waals surface area contributed by atoms with Crippen LogP contribution in [0.4, 0.5) is 24.7 Å². The third-order valence-electron chi connectivity index (χ3n) is 5.20. The summed E-state index contributed by atoms with van der Waals surface area (Å²) in [5, 5.41) is 6.25. The molecular formula is C22H27ClF3N5O. The fourth-order valence-corrected chi connectivity index (χ4v) is 3.78. The molecule has 2 aromatic rings. The molecule has 1 aliphatic heterocycles. The summed E-state index contributed by atoms with van der Waals surface area (Å²) in [5.41, 5.74) is 0.312. The van der Waals surface area contributed by atoms with E-state index in [1.807, 2.05) is 14.1 Å². The van der Waals surface area contributed by atoms with Gasteiger partial charge in [-0.3, -0.25) is 4.79 Å². The van der Waals surface area contributed by atoms with Crippen LogP contribution in [0.3, 0.4) is 0 Å². The van der Waals surface area contributed by atoms with Crippen molar-refractivity contribution in [2.24, 2.45) is 0 Å². The Morgan fingerprint density at radius 1 is 1.28 bits per heavy atom. The predicted molar refractivity (Wildman–Crippen MR) is 120 cm³/mol. The smallest absolute Gasteiger partial charge is 0.367 e. The van der Waals surface area contributed by atoms with E-state index in [0.29, 0.717) is 36.7 Å². The van der Waals surface area contributed by atoms with Crippen LogP contribution < -0.4 is 15.5 Å². The number of alkyl halides is 3. The molecular weight excluding hydrogens is 443 g/mol. The molecule has 0 spiro atoms. The van der Waals surface area contributed by atoms with Crippen LogP contribution >= 0.6 is 11.6 Å². The van der Waals surface area contributed by atoms with Gasteiger partial charge in [0.1, 0.15) is 5.82 Å². The van der Waals surface area contributed by atoms with E-state index < -0.39 is 11.7 Å². The van der Waals surface area contributed by atoms with Crippen molar-refractivity contribution in [3.05, 3.63) is 52.2 Å². The Morgan fingerprint density at radius 2 is 2.06 bits per heavy atom. The van der Waals surface area contributed by atoms with Gasteiger partial charge in [0.05, 0.1) is 16.8 Å². The molecule has 0 radical (unpaired) electrons. The zero-order valence-corrected chi connectivity index (χ0v) is 18.9. The third-order valence-corrected chi connectivity index (χ3v) is 5.43. The van der Waals surface area contributed by atoms with Crippen LogP contribution in [0.2, 0.25) is 5.02 Å². The number of pyridine rings is 1. The van der Waals surface area contributed by atoms with E-state index in [0.717, 1.165) is 25.5 Å². The number of hydrogen-bond donors (Lipinski definition) is 2. The van der Waals surface area contributed by atoms with Crippen molar-refractivity contribution >= 4 is 29.0 Å². The highest BCUT2D eigenvalue weighted by atomic mass is 35.5. The molecule has 0 aliphatic carbocycles. The molecule has 10 heteroatoms. The van der Waals surface area contributed by atoms with Crippen molar-refractivity contribution in [3.63, 3.8) is 0 Å². The lowest BCUT2D eigenvalue weighted by molar-refractivity contribution is -0.138. The number of aromatic nitrogens is 1. The van der Waals surface area contributed by atoms with Gasteiger partial charge in [0.15, 0.2) is 0 Å². The van der Waals surface area contributed by atoms with E-state index >= 15 is 0 Å². The Bertz CT molecular complexity index is 952. The number of carbonyl (C=O) groups is 1. The lowest BCUT2D eigenvalue weighted by Gasteiger charge is -2.32. The molecule has 3 rings (SSSR count). The van der Waals surface area contributed by atoms with Crippen LogP contribution in [-0.2, 0) is 12.7 Å². The first-order valence-corrected chi connectivity index (χ1v) is 10.8. The number of hydrogen-bond acceptors (Lipinski definition) is 5. The molecule has 0 atom stereocenters. The van der Waals surface area contributed by atoms with E-state index in [2.05, 4.69) is 20.5 Å². The monoisotopic (exact) mass is 469 g/mol. The molecule has 6 nitrogen and oxygen atoms in total. The maximum Gasteiger partial charge on any atom is 0.416 e. The molecule has 1 amide bonds. The van der Waals surface area contributed by atoms with Gasteiger partial charge in [-0.25, -0.2) is 4.98 Å². The van der Waals surface area contributed by atoms with Crippen molar-refractivity contribution in [2.75, 3.05) is 50.5 Å². The van der Waals surface area contributed by atoms with E-state index in [9.17, 15) is 18.0 Å². The summed E-state index contributed by atoms with van der Waals surface area (Å²) < 4.78 is 40.4. The number of nitrogens with zero attached hydrogens (tertiary/aromatic N) is 3. The number of benzene rings is 1. The summed E-state index contributed by atoms with van der Waals surface area (Å²) in [4.78, 5) is 20.7. The number of amides is 1. The second-order valence-corrected chi connectivity index (χ2v) is 8.44. The summed E-state index contributed by atoms with van der Waals surface area (Å²) in [6.07, 6.45) is -1.19. The Kier molecular flexibility index (Phi) is 7.84. The number of carbonyl (C=O) groups excluding carboxylic acids is 1.